The van der Waals surface area contributed by atoms with Gasteiger partial charge < -0.3 is 14.0 Å². The number of para-hydroxylation sites is 3. The van der Waals surface area contributed by atoms with E-state index < -0.39 is 6.85 Å². The summed E-state index contributed by atoms with van der Waals surface area (Å²) >= 11 is 0. The molecule has 0 fully saturated rings. The molecule has 0 N–H and O–H groups in total. The van der Waals surface area contributed by atoms with Crippen LogP contribution in [0.2, 0.25) is 0 Å². The van der Waals surface area contributed by atoms with Gasteiger partial charge >= 0.3 is 0 Å². The van der Waals surface area contributed by atoms with E-state index in [0.29, 0.717) is 11.8 Å². The van der Waals surface area contributed by atoms with Crippen LogP contribution in [0.4, 0.5) is 0 Å². The summed E-state index contributed by atoms with van der Waals surface area (Å²) in [5, 5.41) is 3.28. The second kappa shape index (κ2) is 14.1. The third-order valence-electron chi connectivity index (χ3n) is 8.50. The van der Waals surface area contributed by atoms with Crippen molar-refractivity contribution < 1.29 is 28.6 Å². The van der Waals surface area contributed by atoms with Crippen molar-refractivity contribution in [2.75, 3.05) is 0 Å². The zero-order valence-electron chi connectivity index (χ0n) is 30.3. The zero-order valence-corrected chi connectivity index (χ0v) is 29.7. The molecule has 0 aliphatic heterocycles. The fourth-order valence-corrected chi connectivity index (χ4v) is 6.17. The number of aryl methyl sites for hydroxylation is 1. The normalized spacial score (nSPS) is 12.4. The quantitative estimate of drug-likeness (QED) is 0.163. The molecular weight excluding hydrogens is 767 g/mol. The van der Waals surface area contributed by atoms with Gasteiger partial charge in [0.25, 0.3) is 0 Å². The van der Waals surface area contributed by atoms with E-state index in [0.717, 1.165) is 55.4 Å². The third kappa shape index (κ3) is 6.24. The molecule has 0 unspecified atom stereocenters. The minimum absolute atomic E-state index is 0. The van der Waals surface area contributed by atoms with Crippen molar-refractivity contribution >= 4 is 32.8 Å². The Morgan fingerprint density at radius 1 is 0.750 bits per heavy atom. The number of hydrogen-bond acceptors (Lipinski definition) is 3. The van der Waals surface area contributed by atoms with Gasteiger partial charge in [-0.3, -0.25) is 4.98 Å². The minimum atomic E-state index is -2.09. The molecule has 241 valence electrons. The van der Waals surface area contributed by atoms with E-state index in [1.807, 2.05) is 30.3 Å². The van der Waals surface area contributed by atoms with Gasteiger partial charge in [0.05, 0.1) is 16.9 Å². The van der Waals surface area contributed by atoms with Gasteiger partial charge in [0.15, 0.2) is 0 Å². The van der Waals surface area contributed by atoms with Crippen LogP contribution in [0.3, 0.4) is 0 Å². The Bertz CT molecular complexity index is 2400. The molecule has 5 aromatic carbocycles. The predicted molar refractivity (Wildman–Crippen MR) is 194 cm³/mol. The Morgan fingerprint density at radius 2 is 1.50 bits per heavy atom. The number of furan rings is 1. The van der Waals surface area contributed by atoms with Crippen LogP contribution < -0.4 is 0 Å². The summed E-state index contributed by atoms with van der Waals surface area (Å²) in [6, 6.07) is 41.4. The van der Waals surface area contributed by atoms with Crippen molar-refractivity contribution in [3.8, 4) is 28.3 Å². The second-order valence-corrected chi connectivity index (χ2v) is 12.3. The van der Waals surface area contributed by atoms with Crippen LogP contribution in [0.1, 0.15) is 60.3 Å². The average Bonchev–Trinajstić information content (AvgIpc) is 3.73. The van der Waals surface area contributed by atoms with Gasteiger partial charge in [0.2, 0.25) is 0 Å². The molecule has 0 amide bonds. The molecule has 0 bridgehead atoms. The van der Waals surface area contributed by atoms with Gasteiger partial charge in [0, 0.05) is 47.9 Å². The Morgan fingerprint density at radius 3 is 2.21 bits per heavy atom. The molecule has 0 aliphatic rings. The van der Waals surface area contributed by atoms with Gasteiger partial charge in [-0.2, -0.15) is 0 Å². The number of benzene rings is 5. The van der Waals surface area contributed by atoms with E-state index in [1.165, 1.54) is 23.0 Å². The number of fused-ring (bicyclic) bond motifs is 4. The Balaban J connectivity index is 0.000000222. The summed E-state index contributed by atoms with van der Waals surface area (Å²) in [5.74, 6) is 1.61. The van der Waals surface area contributed by atoms with E-state index in [-0.39, 0.29) is 25.7 Å². The maximum Gasteiger partial charge on any atom is 0.0774 e. The third-order valence-corrected chi connectivity index (χ3v) is 8.50. The number of imidazole rings is 1. The number of pyridine rings is 1. The Labute approximate surface area is 300 Å². The summed E-state index contributed by atoms with van der Waals surface area (Å²) in [4.78, 5) is 9.26. The van der Waals surface area contributed by atoms with Crippen molar-refractivity contribution in [3.05, 3.63) is 150 Å². The molecule has 1 radical (unpaired) electrons. The number of hydrogen-bond donors (Lipinski definition) is 0. The van der Waals surface area contributed by atoms with Gasteiger partial charge in [-0.05, 0) is 64.0 Å². The van der Waals surface area contributed by atoms with Crippen LogP contribution in [0.15, 0.2) is 126 Å². The Kier molecular flexibility index (Phi) is 8.62. The van der Waals surface area contributed by atoms with E-state index in [4.69, 9.17) is 13.5 Å². The van der Waals surface area contributed by atoms with Crippen LogP contribution in [0, 0.1) is 19.2 Å². The first-order chi connectivity index (χ1) is 24.1. The fraction of sp³-hybridized carbons (Fsp3) is 0.163. The monoisotopic (exact) mass is 807 g/mol. The molecule has 5 heteroatoms. The molecule has 0 atom stereocenters. The molecule has 4 nitrogen and oxygen atoms in total. The molecular formula is C43H37IrN3O-2. The van der Waals surface area contributed by atoms with E-state index in [1.54, 1.807) is 18.2 Å². The molecule has 8 aromatic rings. The molecule has 0 saturated heterocycles. The summed E-state index contributed by atoms with van der Waals surface area (Å²) in [5.41, 5.74) is 9.51. The largest absolute Gasteiger partial charge is 0.557 e. The van der Waals surface area contributed by atoms with Crippen LogP contribution in [0.25, 0.3) is 61.1 Å². The summed E-state index contributed by atoms with van der Waals surface area (Å²) < 4.78 is 30.1. The van der Waals surface area contributed by atoms with E-state index >= 15 is 0 Å². The molecule has 0 saturated carbocycles. The van der Waals surface area contributed by atoms with E-state index in [9.17, 15) is 0 Å². The molecule has 8 rings (SSSR count). The first-order valence-electron chi connectivity index (χ1n) is 17.5. The topological polar surface area (TPSA) is 43.9 Å². The SMILES string of the molecule is CC(C)c1cccc(C(C)C)c1-n1c(-c2[c-]oc3c2ccc2ccccc23)nc2ccccc21.[2H]C([2H])([2H])c1ccc(-c2[c-]cccc2)nc1.[Ir]. The standard InChI is InChI=1S/C31H27N2O.C12H10N.Ir/c1-19(2)22-12-9-13-23(20(3)4)29(22)33-28-15-8-7-14-27(28)32-31(33)26-18-34-30-24-11-6-5-10-21(24)16-17-25(26)30;1-10-7-8-12(13-9-10)11-5-3-2-4-6-11;/h5-17,19-20H,1-4H3;2-5,7-9H,1H3;/q2*-1;/i;1D3;. The van der Waals surface area contributed by atoms with Crippen LogP contribution in [-0.4, -0.2) is 14.5 Å². The molecule has 3 heterocycles. The van der Waals surface area contributed by atoms with Crippen molar-refractivity contribution in [2.24, 2.45) is 0 Å². The van der Waals surface area contributed by atoms with Crippen LogP contribution in [0.5, 0.6) is 0 Å². The van der Waals surface area contributed by atoms with Crippen LogP contribution >= 0.6 is 0 Å². The molecule has 3 aromatic heterocycles. The van der Waals surface area contributed by atoms with Gasteiger partial charge in [-0.1, -0.05) is 111 Å². The summed E-state index contributed by atoms with van der Waals surface area (Å²) in [7, 11) is 0. The molecule has 0 spiro atoms. The smallest absolute Gasteiger partial charge is 0.0774 e. The van der Waals surface area contributed by atoms with Gasteiger partial charge in [0.1, 0.15) is 0 Å². The number of aromatic nitrogens is 3. The van der Waals surface area contributed by atoms with E-state index in [2.05, 4.69) is 116 Å². The number of rotatable bonds is 5. The number of nitrogens with zero attached hydrogens (tertiary/aromatic N) is 3. The van der Waals surface area contributed by atoms with Crippen molar-refractivity contribution in [2.45, 2.75) is 46.4 Å². The minimum Gasteiger partial charge on any atom is -0.557 e. The average molecular weight is 807 g/mol. The van der Waals surface area contributed by atoms with Crippen molar-refractivity contribution in [1.82, 2.24) is 14.5 Å². The first-order valence-corrected chi connectivity index (χ1v) is 16.0. The predicted octanol–water partition coefficient (Wildman–Crippen LogP) is 11.5. The maximum atomic E-state index is 7.23. The molecule has 0 aliphatic carbocycles. The maximum absolute atomic E-state index is 7.23. The van der Waals surface area contributed by atoms with Gasteiger partial charge in [-0.25, -0.2) is 0 Å². The molecule has 48 heavy (non-hydrogen) atoms. The van der Waals surface area contributed by atoms with Crippen molar-refractivity contribution in [1.29, 1.82) is 0 Å². The van der Waals surface area contributed by atoms with Gasteiger partial charge in [-0.15, -0.1) is 42.0 Å². The summed E-state index contributed by atoms with van der Waals surface area (Å²) in [6.45, 7) is 6.94. The second-order valence-electron chi connectivity index (χ2n) is 12.3. The first kappa shape index (κ1) is 29.3. The fourth-order valence-electron chi connectivity index (χ4n) is 6.17. The summed E-state index contributed by atoms with van der Waals surface area (Å²) in [6.07, 6.45) is 4.62. The van der Waals surface area contributed by atoms with Crippen LogP contribution in [-0.2, 0) is 20.1 Å². The zero-order chi connectivity index (χ0) is 35.0. The van der Waals surface area contributed by atoms with Crippen molar-refractivity contribution in [3.63, 3.8) is 0 Å². The Hall–Kier alpha value is -4.83.